The Bertz CT molecular complexity index is 771. The van der Waals surface area contributed by atoms with Crippen molar-refractivity contribution >= 4 is 17.5 Å². The number of nitrogens with one attached hydrogen (secondary N) is 1. The molecule has 1 N–H and O–H groups in total. The van der Waals surface area contributed by atoms with E-state index in [2.05, 4.69) is 5.32 Å². The molecule has 0 bridgehead atoms. The molecule has 25 heavy (non-hydrogen) atoms. The van der Waals surface area contributed by atoms with Gasteiger partial charge in [0.2, 0.25) is 11.8 Å². The van der Waals surface area contributed by atoms with Crippen LogP contribution in [0.3, 0.4) is 0 Å². The summed E-state index contributed by atoms with van der Waals surface area (Å²) in [6.07, 6.45) is 0.791. The highest BCUT2D eigenvalue weighted by Crippen LogP contribution is 2.32. The van der Waals surface area contributed by atoms with E-state index in [1.165, 1.54) is 0 Å². The Morgan fingerprint density at radius 1 is 1.16 bits per heavy atom. The minimum absolute atomic E-state index is 0.0808. The van der Waals surface area contributed by atoms with Crippen LogP contribution in [0.2, 0.25) is 0 Å². The quantitative estimate of drug-likeness (QED) is 0.910. The van der Waals surface area contributed by atoms with Crippen LogP contribution < -0.4 is 15.0 Å². The predicted octanol–water partition coefficient (Wildman–Crippen LogP) is 2.33. The Kier molecular flexibility index (Phi) is 5.03. The van der Waals surface area contributed by atoms with Crippen molar-refractivity contribution in [2.24, 2.45) is 0 Å². The molecule has 0 saturated carbocycles. The lowest BCUT2D eigenvalue weighted by Gasteiger charge is -2.24. The van der Waals surface area contributed by atoms with Gasteiger partial charge in [0.05, 0.1) is 13.0 Å². The van der Waals surface area contributed by atoms with Gasteiger partial charge in [-0.15, -0.1) is 0 Å². The maximum atomic E-state index is 12.9. The lowest BCUT2D eigenvalue weighted by molar-refractivity contribution is -0.125. The molecular formula is C20H22N2O3. The van der Waals surface area contributed by atoms with Crippen LogP contribution in [-0.2, 0) is 22.4 Å². The number of para-hydroxylation sites is 1. The topological polar surface area (TPSA) is 58.6 Å². The Labute approximate surface area is 147 Å². The molecule has 2 aromatic carbocycles. The van der Waals surface area contributed by atoms with Crippen molar-refractivity contribution in [2.45, 2.75) is 25.8 Å². The third kappa shape index (κ3) is 3.50. The molecule has 1 aliphatic heterocycles. The monoisotopic (exact) mass is 338 g/mol. The highest BCUT2D eigenvalue weighted by atomic mass is 16.5. The molecule has 2 aromatic rings. The molecule has 0 spiro atoms. The van der Waals surface area contributed by atoms with Crippen LogP contribution in [0.1, 0.15) is 18.1 Å². The van der Waals surface area contributed by atoms with Crippen molar-refractivity contribution in [1.82, 2.24) is 5.32 Å². The molecule has 5 heteroatoms. The molecule has 0 fully saturated rings. The van der Waals surface area contributed by atoms with E-state index < -0.39 is 6.04 Å². The number of ether oxygens (including phenoxy) is 1. The maximum Gasteiger partial charge on any atom is 0.243 e. The summed E-state index contributed by atoms with van der Waals surface area (Å²) in [7, 11) is 1.60. The molecule has 2 amide bonds. The second-order valence-electron chi connectivity index (χ2n) is 5.98. The molecule has 130 valence electrons. The molecule has 5 nitrogen and oxygen atoms in total. The van der Waals surface area contributed by atoms with Gasteiger partial charge in [-0.3, -0.25) is 14.5 Å². The summed E-state index contributed by atoms with van der Waals surface area (Å²) < 4.78 is 5.43. The molecule has 0 aromatic heterocycles. The average Bonchev–Trinajstić information content (AvgIpc) is 3.02. The third-order valence-corrected chi connectivity index (χ3v) is 4.38. The first-order valence-electron chi connectivity index (χ1n) is 8.47. The number of hydrogen-bond acceptors (Lipinski definition) is 3. The van der Waals surface area contributed by atoms with E-state index in [0.717, 1.165) is 22.6 Å². The number of fused-ring (bicyclic) bond motifs is 1. The highest BCUT2D eigenvalue weighted by Gasteiger charge is 2.37. The van der Waals surface area contributed by atoms with E-state index in [1.807, 2.05) is 55.5 Å². The summed E-state index contributed by atoms with van der Waals surface area (Å²) in [5, 5.41) is 2.66. The zero-order valence-electron chi connectivity index (χ0n) is 14.5. The zero-order valence-corrected chi connectivity index (χ0v) is 14.5. The third-order valence-electron chi connectivity index (χ3n) is 4.38. The molecule has 0 aliphatic carbocycles. The highest BCUT2D eigenvalue weighted by molar-refractivity contribution is 6.04. The summed E-state index contributed by atoms with van der Waals surface area (Å²) in [5.41, 5.74) is 2.75. The summed E-state index contributed by atoms with van der Waals surface area (Å²) >= 11 is 0. The van der Waals surface area contributed by atoms with Gasteiger partial charge in [-0.2, -0.15) is 0 Å². The fraction of sp³-hybridized carbons (Fsp3) is 0.300. The molecule has 0 radical (unpaired) electrons. The largest absolute Gasteiger partial charge is 0.494 e. The maximum absolute atomic E-state index is 12.9. The Morgan fingerprint density at radius 3 is 2.56 bits per heavy atom. The van der Waals surface area contributed by atoms with Gasteiger partial charge >= 0.3 is 0 Å². The van der Waals surface area contributed by atoms with Crippen LogP contribution >= 0.6 is 0 Å². The number of likely N-dealkylation sites (N-methyl/N-ethyl adjacent to an activating group) is 1. The number of nitrogens with zero attached hydrogens (tertiary/aromatic N) is 1. The van der Waals surface area contributed by atoms with Crippen molar-refractivity contribution in [3.8, 4) is 5.75 Å². The summed E-state index contributed by atoms with van der Waals surface area (Å²) in [6.45, 7) is 2.54. The number of amides is 2. The lowest BCUT2D eigenvalue weighted by Crippen LogP contribution is -2.47. The van der Waals surface area contributed by atoms with Gasteiger partial charge in [-0.05, 0) is 36.2 Å². The minimum Gasteiger partial charge on any atom is -0.494 e. The molecular weight excluding hydrogens is 316 g/mol. The second kappa shape index (κ2) is 7.38. The lowest BCUT2D eigenvalue weighted by atomic mass is 10.1. The van der Waals surface area contributed by atoms with E-state index in [4.69, 9.17) is 4.74 Å². The zero-order chi connectivity index (χ0) is 17.8. The van der Waals surface area contributed by atoms with Gasteiger partial charge in [0, 0.05) is 19.2 Å². The molecule has 3 rings (SSSR count). The normalized spacial score (nSPS) is 15.6. The number of carbonyl (C=O) groups is 2. The first-order valence-corrected chi connectivity index (χ1v) is 8.47. The predicted molar refractivity (Wildman–Crippen MR) is 96.8 cm³/mol. The van der Waals surface area contributed by atoms with Crippen LogP contribution in [0.4, 0.5) is 5.69 Å². The van der Waals surface area contributed by atoms with Gasteiger partial charge in [-0.1, -0.05) is 30.3 Å². The van der Waals surface area contributed by atoms with E-state index in [1.54, 1.807) is 11.9 Å². The molecule has 1 heterocycles. The van der Waals surface area contributed by atoms with Crippen molar-refractivity contribution in [1.29, 1.82) is 0 Å². The van der Waals surface area contributed by atoms with Gasteiger partial charge in [0.25, 0.3) is 0 Å². The van der Waals surface area contributed by atoms with Gasteiger partial charge in [0.15, 0.2) is 0 Å². The molecule has 1 aliphatic rings. The van der Waals surface area contributed by atoms with Gasteiger partial charge in [-0.25, -0.2) is 0 Å². The first-order chi connectivity index (χ1) is 12.1. The molecule has 0 saturated heterocycles. The van der Waals surface area contributed by atoms with Crippen molar-refractivity contribution in [2.75, 3.05) is 18.6 Å². The van der Waals surface area contributed by atoms with Crippen LogP contribution in [-0.4, -0.2) is 31.5 Å². The van der Waals surface area contributed by atoms with Gasteiger partial charge in [0.1, 0.15) is 11.8 Å². The summed E-state index contributed by atoms with van der Waals surface area (Å²) in [5.74, 6) is 0.562. The van der Waals surface area contributed by atoms with Gasteiger partial charge < -0.3 is 10.1 Å². The van der Waals surface area contributed by atoms with E-state index >= 15 is 0 Å². The smallest absolute Gasteiger partial charge is 0.243 e. The minimum atomic E-state index is -0.488. The molecule has 0 unspecified atom stereocenters. The van der Waals surface area contributed by atoms with Crippen LogP contribution in [0, 0.1) is 0 Å². The Balaban J connectivity index is 1.82. The summed E-state index contributed by atoms with van der Waals surface area (Å²) in [4.78, 5) is 26.8. The number of hydrogen-bond donors (Lipinski definition) is 1. The van der Waals surface area contributed by atoms with E-state index in [9.17, 15) is 9.59 Å². The standard InChI is InChI=1S/C20H22N2O3/c1-3-25-16-10-8-14(9-11-16)12-19(23)22-17-7-5-4-6-15(17)13-18(22)20(24)21-2/h4-11,18H,3,12-13H2,1-2H3,(H,21,24)/t18-/m1/s1. The van der Waals surface area contributed by atoms with Crippen LogP contribution in [0.5, 0.6) is 5.75 Å². The Hall–Kier alpha value is -2.82. The number of rotatable bonds is 5. The number of carbonyl (C=O) groups excluding carboxylic acids is 2. The second-order valence-corrected chi connectivity index (χ2v) is 5.98. The molecule has 1 atom stereocenters. The Morgan fingerprint density at radius 2 is 1.88 bits per heavy atom. The van der Waals surface area contributed by atoms with Crippen LogP contribution in [0.25, 0.3) is 0 Å². The SMILES string of the molecule is CCOc1ccc(CC(=O)N2c3ccccc3C[C@@H]2C(=O)NC)cc1. The summed E-state index contributed by atoms with van der Waals surface area (Å²) in [6, 6.07) is 14.7. The number of benzene rings is 2. The van der Waals surface area contributed by atoms with Crippen molar-refractivity contribution in [3.05, 3.63) is 59.7 Å². The van der Waals surface area contributed by atoms with Crippen LogP contribution in [0.15, 0.2) is 48.5 Å². The van der Waals surface area contributed by atoms with E-state index in [0.29, 0.717) is 13.0 Å². The fourth-order valence-electron chi connectivity index (χ4n) is 3.20. The first kappa shape index (κ1) is 17.0. The van der Waals surface area contributed by atoms with E-state index in [-0.39, 0.29) is 18.2 Å². The van der Waals surface area contributed by atoms with Crippen molar-refractivity contribution < 1.29 is 14.3 Å². The average molecular weight is 338 g/mol. The van der Waals surface area contributed by atoms with Crippen molar-refractivity contribution in [3.63, 3.8) is 0 Å². The fourth-order valence-corrected chi connectivity index (χ4v) is 3.20. The number of anilines is 1.